The number of benzene rings is 1. The predicted molar refractivity (Wildman–Crippen MR) is 88.8 cm³/mol. The Morgan fingerprint density at radius 3 is 2.73 bits per heavy atom. The van der Waals surface area contributed by atoms with E-state index in [2.05, 4.69) is 4.98 Å². The number of amides is 1. The third kappa shape index (κ3) is 3.47. The van der Waals surface area contributed by atoms with Crippen LogP contribution in [0.2, 0.25) is 5.02 Å². The Morgan fingerprint density at radius 1 is 1.23 bits per heavy atom. The molecule has 22 heavy (non-hydrogen) atoms. The zero-order chi connectivity index (χ0) is 15.4. The molecule has 2 aromatic rings. The van der Waals surface area contributed by atoms with Gasteiger partial charge in [-0.1, -0.05) is 36.6 Å². The van der Waals surface area contributed by atoms with Gasteiger partial charge in [0.15, 0.2) is 0 Å². The van der Waals surface area contributed by atoms with Crippen molar-refractivity contribution in [2.24, 2.45) is 5.92 Å². The molecule has 0 bridgehead atoms. The van der Waals surface area contributed by atoms with Crippen molar-refractivity contribution in [1.29, 1.82) is 0 Å². The molecule has 114 valence electrons. The maximum Gasteiger partial charge on any atom is 0.230 e. The lowest BCUT2D eigenvalue weighted by atomic mass is 10.1. The Hall–Kier alpha value is -1.87. The number of carbonyl (C=O) groups is 1. The van der Waals surface area contributed by atoms with Crippen molar-refractivity contribution in [3.63, 3.8) is 0 Å². The minimum atomic E-state index is 0.135. The molecule has 1 aliphatic rings. The van der Waals surface area contributed by atoms with Gasteiger partial charge in [0.1, 0.15) is 0 Å². The molecule has 1 heterocycles. The fraction of sp³-hybridized carbons (Fsp3) is 0.333. The molecule has 3 nitrogen and oxygen atoms in total. The van der Waals surface area contributed by atoms with E-state index >= 15 is 0 Å². The van der Waals surface area contributed by atoms with Crippen molar-refractivity contribution < 1.29 is 4.79 Å². The van der Waals surface area contributed by atoms with Crippen molar-refractivity contribution in [3.05, 3.63) is 59.4 Å². The lowest BCUT2D eigenvalue weighted by Crippen LogP contribution is -2.35. The Kier molecular flexibility index (Phi) is 4.74. The molecule has 0 atom stereocenters. The van der Waals surface area contributed by atoms with Gasteiger partial charge in [0.25, 0.3) is 0 Å². The van der Waals surface area contributed by atoms with Crippen LogP contribution < -0.4 is 4.90 Å². The van der Waals surface area contributed by atoms with E-state index in [1.165, 1.54) is 0 Å². The average molecular weight is 315 g/mol. The number of anilines is 1. The van der Waals surface area contributed by atoms with Crippen LogP contribution in [0.3, 0.4) is 0 Å². The molecule has 0 aliphatic heterocycles. The van der Waals surface area contributed by atoms with E-state index in [0.29, 0.717) is 11.6 Å². The van der Waals surface area contributed by atoms with E-state index in [4.69, 9.17) is 11.6 Å². The van der Waals surface area contributed by atoms with Crippen molar-refractivity contribution in [2.45, 2.75) is 32.2 Å². The standard InChI is InChI=1S/C18H19ClN2O/c19-16-8-3-9-17(11-16)21(13-14-5-4-10-20-12-14)18(22)15-6-1-2-7-15/h3-5,8-12,15H,1-2,6-7,13H2. The molecule has 0 unspecified atom stereocenters. The first-order chi connectivity index (χ1) is 10.7. The Balaban J connectivity index is 1.89. The summed E-state index contributed by atoms with van der Waals surface area (Å²) in [6.07, 6.45) is 7.82. The lowest BCUT2D eigenvalue weighted by molar-refractivity contribution is -0.122. The van der Waals surface area contributed by atoms with E-state index in [9.17, 15) is 4.79 Å². The largest absolute Gasteiger partial charge is 0.308 e. The van der Waals surface area contributed by atoms with Gasteiger partial charge in [-0.15, -0.1) is 0 Å². The molecule has 4 heteroatoms. The van der Waals surface area contributed by atoms with Gasteiger partial charge in [0.05, 0.1) is 6.54 Å². The van der Waals surface area contributed by atoms with E-state index in [1.54, 1.807) is 12.4 Å². The Labute approximate surface area is 135 Å². The molecule has 0 radical (unpaired) electrons. The molecule has 1 amide bonds. The summed E-state index contributed by atoms with van der Waals surface area (Å²) in [6, 6.07) is 11.4. The first kappa shape index (κ1) is 15.0. The number of rotatable bonds is 4. The summed E-state index contributed by atoms with van der Waals surface area (Å²) >= 11 is 6.11. The van der Waals surface area contributed by atoms with Crippen molar-refractivity contribution in [3.8, 4) is 0 Å². The number of nitrogens with zero attached hydrogens (tertiary/aromatic N) is 2. The summed E-state index contributed by atoms with van der Waals surface area (Å²) in [4.78, 5) is 18.9. The second-order valence-electron chi connectivity index (χ2n) is 5.75. The number of aromatic nitrogens is 1. The van der Waals surface area contributed by atoms with Crippen LogP contribution in [-0.2, 0) is 11.3 Å². The average Bonchev–Trinajstić information content (AvgIpc) is 3.07. The normalized spacial score (nSPS) is 15.0. The highest BCUT2D eigenvalue weighted by Crippen LogP contribution is 2.30. The quantitative estimate of drug-likeness (QED) is 0.835. The molecular formula is C18H19ClN2O. The first-order valence-corrected chi connectivity index (χ1v) is 8.08. The highest BCUT2D eigenvalue weighted by atomic mass is 35.5. The molecule has 1 aromatic heterocycles. The van der Waals surface area contributed by atoms with Gasteiger partial charge in [-0.3, -0.25) is 9.78 Å². The second kappa shape index (κ2) is 6.93. The molecular weight excluding hydrogens is 296 g/mol. The van der Waals surface area contributed by atoms with Gasteiger partial charge < -0.3 is 4.90 Å². The minimum Gasteiger partial charge on any atom is -0.308 e. The van der Waals surface area contributed by atoms with E-state index in [-0.39, 0.29) is 11.8 Å². The van der Waals surface area contributed by atoms with Gasteiger partial charge in [0.2, 0.25) is 5.91 Å². The van der Waals surface area contributed by atoms with Crippen LogP contribution in [0.5, 0.6) is 0 Å². The molecule has 1 saturated carbocycles. The number of hydrogen-bond donors (Lipinski definition) is 0. The van der Waals surface area contributed by atoms with Gasteiger partial charge in [-0.25, -0.2) is 0 Å². The number of halogens is 1. The van der Waals surface area contributed by atoms with Gasteiger partial charge in [0, 0.05) is 29.0 Å². The second-order valence-corrected chi connectivity index (χ2v) is 6.18. The molecule has 3 rings (SSSR count). The molecule has 1 aromatic carbocycles. The third-order valence-corrected chi connectivity index (χ3v) is 4.39. The predicted octanol–water partition coefficient (Wildman–Crippen LogP) is 4.46. The Bertz CT molecular complexity index is 639. The minimum absolute atomic E-state index is 0.135. The van der Waals surface area contributed by atoms with E-state index in [1.807, 2.05) is 41.3 Å². The monoisotopic (exact) mass is 314 g/mol. The summed E-state index contributed by atoms with van der Waals surface area (Å²) in [6.45, 7) is 0.531. The smallest absolute Gasteiger partial charge is 0.230 e. The molecule has 1 aliphatic carbocycles. The van der Waals surface area contributed by atoms with Crippen LogP contribution >= 0.6 is 11.6 Å². The van der Waals surface area contributed by atoms with Gasteiger partial charge >= 0.3 is 0 Å². The lowest BCUT2D eigenvalue weighted by Gasteiger charge is -2.26. The Morgan fingerprint density at radius 2 is 2.05 bits per heavy atom. The van der Waals surface area contributed by atoms with Crippen molar-refractivity contribution in [2.75, 3.05) is 4.90 Å². The SMILES string of the molecule is O=C(C1CCCC1)N(Cc1cccnc1)c1cccc(Cl)c1. The summed E-state index contributed by atoms with van der Waals surface area (Å²) < 4.78 is 0. The van der Waals surface area contributed by atoms with Gasteiger partial charge in [-0.05, 0) is 42.7 Å². The fourth-order valence-electron chi connectivity index (χ4n) is 3.01. The van der Waals surface area contributed by atoms with Gasteiger partial charge in [-0.2, -0.15) is 0 Å². The summed E-state index contributed by atoms with van der Waals surface area (Å²) in [7, 11) is 0. The fourth-order valence-corrected chi connectivity index (χ4v) is 3.19. The highest BCUT2D eigenvalue weighted by molar-refractivity contribution is 6.30. The summed E-state index contributed by atoms with van der Waals surface area (Å²) in [5.41, 5.74) is 1.88. The zero-order valence-corrected chi connectivity index (χ0v) is 13.2. The molecule has 0 N–H and O–H groups in total. The summed E-state index contributed by atoms with van der Waals surface area (Å²) in [5.74, 6) is 0.333. The van der Waals surface area contributed by atoms with Crippen molar-refractivity contribution in [1.82, 2.24) is 4.98 Å². The van der Waals surface area contributed by atoms with Crippen LogP contribution in [0.1, 0.15) is 31.2 Å². The van der Waals surface area contributed by atoms with Crippen molar-refractivity contribution >= 4 is 23.2 Å². The zero-order valence-electron chi connectivity index (χ0n) is 12.4. The molecule has 0 spiro atoms. The summed E-state index contributed by atoms with van der Waals surface area (Å²) in [5, 5.41) is 0.646. The topological polar surface area (TPSA) is 33.2 Å². The van der Waals surface area contributed by atoms with E-state index < -0.39 is 0 Å². The van der Waals surface area contributed by atoms with Crippen LogP contribution in [0.15, 0.2) is 48.8 Å². The van der Waals surface area contributed by atoms with Crippen LogP contribution in [-0.4, -0.2) is 10.9 Å². The third-order valence-electron chi connectivity index (χ3n) is 4.15. The molecule has 0 saturated heterocycles. The van der Waals surface area contributed by atoms with Crippen LogP contribution in [0.25, 0.3) is 0 Å². The maximum absolute atomic E-state index is 12.9. The van der Waals surface area contributed by atoms with Crippen LogP contribution in [0.4, 0.5) is 5.69 Å². The number of carbonyl (C=O) groups excluding carboxylic acids is 1. The molecule has 1 fully saturated rings. The maximum atomic E-state index is 12.9. The first-order valence-electron chi connectivity index (χ1n) is 7.70. The van der Waals surface area contributed by atoms with E-state index in [0.717, 1.165) is 36.9 Å². The number of pyridine rings is 1. The van der Waals surface area contributed by atoms with Crippen LogP contribution in [0, 0.1) is 5.92 Å². The number of hydrogen-bond acceptors (Lipinski definition) is 2. The highest BCUT2D eigenvalue weighted by Gasteiger charge is 2.28.